The van der Waals surface area contributed by atoms with Crippen LogP contribution in [0.4, 0.5) is 5.69 Å². The van der Waals surface area contributed by atoms with Crippen molar-refractivity contribution in [2.24, 2.45) is 4.99 Å². The summed E-state index contributed by atoms with van der Waals surface area (Å²) in [7, 11) is 0. The van der Waals surface area contributed by atoms with Gasteiger partial charge in [-0.2, -0.15) is 0 Å². The number of thioether (sulfide) groups is 2. The van der Waals surface area contributed by atoms with Gasteiger partial charge in [0.15, 0.2) is 0 Å². The number of hydrogen-bond acceptors (Lipinski definition) is 3. The highest BCUT2D eigenvalue weighted by atomic mass is 79.9. The Morgan fingerprint density at radius 2 is 2.07 bits per heavy atom. The van der Waals surface area contributed by atoms with E-state index < -0.39 is 0 Å². The molecule has 0 radical (unpaired) electrons. The predicted molar refractivity (Wildman–Crippen MR) is 75.5 cm³/mol. The molecule has 1 aromatic carbocycles. The molecule has 1 fully saturated rings. The number of aryl methyl sites for hydroxylation is 1. The van der Waals surface area contributed by atoms with Crippen molar-refractivity contribution in [1.82, 2.24) is 0 Å². The zero-order valence-electron chi connectivity index (χ0n) is 8.50. The lowest BCUT2D eigenvalue weighted by Crippen LogP contribution is -1.84. The maximum atomic E-state index is 4.69. The van der Waals surface area contributed by atoms with Crippen LogP contribution in [0, 0.1) is 0 Å². The summed E-state index contributed by atoms with van der Waals surface area (Å²) in [4.78, 5) is 4.69. The molecule has 1 aliphatic rings. The van der Waals surface area contributed by atoms with Gasteiger partial charge in [0.1, 0.15) is 4.38 Å². The molecule has 4 heteroatoms. The minimum atomic E-state index is 1.03. The fourth-order valence-corrected chi connectivity index (χ4v) is 3.99. The van der Waals surface area contributed by atoms with Crippen molar-refractivity contribution in [3.8, 4) is 0 Å². The van der Waals surface area contributed by atoms with Gasteiger partial charge in [-0.3, -0.25) is 0 Å². The van der Waals surface area contributed by atoms with E-state index in [0.29, 0.717) is 0 Å². The van der Waals surface area contributed by atoms with Gasteiger partial charge in [0.25, 0.3) is 0 Å². The normalized spacial score (nSPS) is 15.7. The smallest absolute Gasteiger partial charge is 0.130 e. The minimum Gasteiger partial charge on any atom is -0.235 e. The molecule has 0 aliphatic carbocycles. The van der Waals surface area contributed by atoms with Crippen LogP contribution in [0.2, 0.25) is 0 Å². The molecule has 1 aliphatic heterocycles. The van der Waals surface area contributed by atoms with Crippen molar-refractivity contribution < 1.29 is 0 Å². The molecule has 1 aromatic rings. The van der Waals surface area contributed by atoms with Gasteiger partial charge in [-0.1, -0.05) is 46.4 Å². The average Bonchev–Trinajstić information content (AvgIpc) is 2.73. The first kappa shape index (κ1) is 11.6. The van der Waals surface area contributed by atoms with Gasteiger partial charge in [0.2, 0.25) is 0 Å². The van der Waals surface area contributed by atoms with Crippen LogP contribution in [-0.4, -0.2) is 15.9 Å². The summed E-state index contributed by atoms with van der Waals surface area (Å²) in [6.07, 6.45) is 1.03. The second kappa shape index (κ2) is 5.41. The zero-order chi connectivity index (χ0) is 10.7. The number of aliphatic imine (C=N–C) groups is 1. The molecule has 15 heavy (non-hydrogen) atoms. The molecule has 0 spiro atoms. The van der Waals surface area contributed by atoms with Crippen molar-refractivity contribution in [3.63, 3.8) is 0 Å². The van der Waals surface area contributed by atoms with Crippen LogP contribution >= 0.6 is 39.5 Å². The van der Waals surface area contributed by atoms with Crippen LogP contribution in [-0.2, 0) is 6.42 Å². The van der Waals surface area contributed by atoms with Gasteiger partial charge in [-0.15, -0.1) is 0 Å². The summed E-state index contributed by atoms with van der Waals surface area (Å²) in [5, 5.41) is 0. The first-order valence-corrected chi connectivity index (χ1v) is 7.68. The summed E-state index contributed by atoms with van der Waals surface area (Å²) in [6, 6.07) is 6.31. The fourth-order valence-electron chi connectivity index (χ4n) is 1.41. The molecular weight excluding hydrogens is 290 g/mol. The van der Waals surface area contributed by atoms with Crippen LogP contribution in [0.5, 0.6) is 0 Å². The van der Waals surface area contributed by atoms with E-state index in [1.165, 1.54) is 21.4 Å². The van der Waals surface area contributed by atoms with E-state index >= 15 is 0 Å². The Hall–Kier alpha value is 0.0700. The van der Waals surface area contributed by atoms with Crippen molar-refractivity contribution >= 4 is 49.5 Å². The van der Waals surface area contributed by atoms with E-state index in [1.54, 1.807) is 0 Å². The van der Waals surface area contributed by atoms with Crippen LogP contribution < -0.4 is 0 Å². The lowest BCUT2D eigenvalue weighted by molar-refractivity contribution is 1.13. The van der Waals surface area contributed by atoms with E-state index in [9.17, 15) is 0 Å². The van der Waals surface area contributed by atoms with E-state index in [4.69, 9.17) is 4.99 Å². The molecule has 1 heterocycles. The predicted octanol–water partition coefficient (Wildman–Crippen LogP) is 4.48. The minimum absolute atomic E-state index is 1.03. The maximum absolute atomic E-state index is 4.69. The monoisotopic (exact) mass is 301 g/mol. The largest absolute Gasteiger partial charge is 0.235 e. The van der Waals surface area contributed by atoms with Gasteiger partial charge in [-0.25, -0.2) is 4.99 Å². The lowest BCUT2D eigenvalue weighted by Gasteiger charge is -2.04. The third-order valence-corrected chi connectivity index (χ3v) is 5.12. The third kappa shape index (κ3) is 3.02. The van der Waals surface area contributed by atoms with Crippen molar-refractivity contribution in [1.29, 1.82) is 0 Å². The molecule has 2 rings (SSSR count). The van der Waals surface area contributed by atoms with Crippen molar-refractivity contribution in [2.45, 2.75) is 13.3 Å². The molecule has 1 saturated heterocycles. The van der Waals surface area contributed by atoms with Crippen LogP contribution in [0.1, 0.15) is 12.5 Å². The van der Waals surface area contributed by atoms with Crippen LogP contribution in [0.25, 0.3) is 0 Å². The summed E-state index contributed by atoms with van der Waals surface area (Å²) in [6.45, 7) is 2.17. The van der Waals surface area contributed by atoms with Crippen molar-refractivity contribution in [2.75, 3.05) is 11.5 Å². The number of rotatable bonds is 2. The molecule has 0 atom stereocenters. The average molecular weight is 302 g/mol. The molecule has 0 saturated carbocycles. The molecule has 0 bridgehead atoms. The lowest BCUT2D eigenvalue weighted by atomic mass is 10.1. The first-order chi connectivity index (χ1) is 7.29. The molecule has 0 N–H and O–H groups in total. The van der Waals surface area contributed by atoms with E-state index in [2.05, 4.69) is 41.1 Å². The highest BCUT2D eigenvalue weighted by Crippen LogP contribution is 2.31. The third-order valence-electron chi connectivity index (χ3n) is 2.17. The first-order valence-electron chi connectivity index (χ1n) is 4.92. The highest BCUT2D eigenvalue weighted by molar-refractivity contribution is 9.10. The molecular formula is C11H12BrNS2. The molecule has 1 nitrogen and oxygen atoms in total. The van der Waals surface area contributed by atoms with Gasteiger partial charge in [0.05, 0.1) is 5.69 Å². The molecule has 0 aromatic heterocycles. The second-order valence-electron chi connectivity index (χ2n) is 3.20. The summed E-state index contributed by atoms with van der Waals surface area (Å²) >= 11 is 7.21. The van der Waals surface area contributed by atoms with Gasteiger partial charge in [-0.05, 0) is 30.2 Å². The summed E-state index contributed by atoms with van der Waals surface area (Å²) < 4.78 is 2.35. The number of hydrogen-bond donors (Lipinski definition) is 0. The molecule has 80 valence electrons. The van der Waals surface area contributed by atoms with Gasteiger partial charge in [0, 0.05) is 16.0 Å². The standard InChI is InChI=1S/C11H12BrNS2/c1-2-8-7-9(12)3-4-10(8)13-11-14-5-6-15-11/h3-4,7H,2,5-6H2,1H3. The highest BCUT2D eigenvalue weighted by Gasteiger charge is 2.10. The Kier molecular flexibility index (Phi) is 4.17. The van der Waals surface area contributed by atoms with Crippen LogP contribution in [0.15, 0.2) is 27.7 Å². The quantitative estimate of drug-likeness (QED) is 0.798. The fraction of sp³-hybridized carbons (Fsp3) is 0.364. The van der Waals surface area contributed by atoms with Crippen LogP contribution in [0.3, 0.4) is 0 Å². The topological polar surface area (TPSA) is 12.4 Å². The summed E-state index contributed by atoms with van der Waals surface area (Å²) in [5.74, 6) is 2.39. The Labute approximate surface area is 107 Å². The van der Waals surface area contributed by atoms with Gasteiger partial charge >= 0.3 is 0 Å². The Balaban J connectivity index is 2.30. The number of halogens is 1. The maximum Gasteiger partial charge on any atom is 0.130 e. The van der Waals surface area contributed by atoms with E-state index in [0.717, 1.165) is 16.6 Å². The SMILES string of the molecule is CCc1cc(Br)ccc1N=C1SCCS1. The molecule has 0 amide bonds. The Bertz CT molecular complexity index is 382. The molecule has 0 unspecified atom stereocenters. The summed E-state index contributed by atoms with van der Waals surface area (Å²) in [5.41, 5.74) is 2.43. The van der Waals surface area contributed by atoms with Crippen molar-refractivity contribution in [3.05, 3.63) is 28.2 Å². The van der Waals surface area contributed by atoms with E-state index in [1.807, 2.05) is 23.5 Å². The Morgan fingerprint density at radius 3 is 2.73 bits per heavy atom. The number of nitrogens with zero attached hydrogens (tertiary/aromatic N) is 1. The second-order valence-corrected chi connectivity index (χ2v) is 6.54. The number of benzene rings is 1. The van der Waals surface area contributed by atoms with E-state index in [-0.39, 0.29) is 0 Å². The zero-order valence-corrected chi connectivity index (χ0v) is 11.7. The Morgan fingerprint density at radius 1 is 1.33 bits per heavy atom. The van der Waals surface area contributed by atoms with Gasteiger partial charge < -0.3 is 0 Å².